The second-order valence-corrected chi connectivity index (χ2v) is 8.32. The molecule has 2 N–H and O–H groups in total. The van der Waals surface area contributed by atoms with Gasteiger partial charge in [-0.3, -0.25) is 19.4 Å². The Morgan fingerprint density at radius 1 is 1.29 bits per heavy atom. The molecule has 2 amide bonds. The Morgan fingerprint density at radius 3 is 2.68 bits per heavy atom. The zero-order valence-electron chi connectivity index (χ0n) is 18.2. The summed E-state index contributed by atoms with van der Waals surface area (Å²) in [6.45, 7) is -0.221. The van der Waals surface area contributed by atoms with E-state index in [9.17, 15) is 32.7 Å². The molecule has 2 aromatic rings. The van der Waals surface area contributed by atoms with E-state index in [1.54, 1.807) is 31.2 Å². The number of allylic oxidation sites excluding steroid dienone is 1. The van der Waals surface area contributed by atoms with Crippen molar-refractivity contribution in [2.24, 2.45) is 11.8 Å². The Kier molecular flexibility index (Phi) is 6.30. The van der Waals surface area contributed by atoms with E-state index in [-0.39, 0.29) is 17.7 Å². The molecule has 2 aromatic heterocycles. The Hall–Kier alpha value is -3.47. The number of halogens is 3. The normalized spacial score (nSPS) is 23.7. The third-order valence-electron chi connectivity index (χ3n) is 6.33. The van der Waals surface area contributed by atoms with Gasteiger partial charge in [0.1, 0.15) is 12.6 Å². The molecule has 0 radical (unpaired) electrons. The number of rotatable bonds is 5. The van der Waals surface area contributed by atoms with Crippen LogP contribution in [0.1, 0.15) is 34.6 Å². The first-order valence-electron chi connectivity index (χ1n) is 10.7. The van der Waals surface area contributed by atoms with Crippen LogP contribution in [0.15, 0.2) is 47.5 Å². The summed E-state index contributed by atoms with van der Waals surface area (Å²) in [7, 11) is 0. The maximum absolute atomic E-state index is 13.5. The monoisotopic (exact) mass is 476 g/mol. The smallest absolute Gasteiger partial charge is 0.396 e. The maximum Gasteiger partial charge on any atom is 0.405 e. The summed E-state index contributed by atoms with van der Waals surface area (Å²) in [5, 5.41) is 12.0. The summed E-state index contributed by atoms with van der Waals surface area (Å²) in [6.07, 6.45) is 1.49. The molecule has 11 heteroatoms. The molecule has 34 heavy (non-hydrogen) atoms. The summed E-state index contributed by atoms with van der Waals surface area (Å²) in [4.78, 5) is 44.6. The third kappa shape index (κ3) is 4.11. The summed E-state index contributed by atoms with van der Waals surface area (Å²) in [5.74, 6) is -3.05. The molecular weight excluding hydrogens is 453 g/mol. The summed E-state index contributed by atoms with van der Waals surface area (Å²) < 4.78 is 39.8. The molecule has 180 valence electrons. The minimum absolute atomic E-state index is 0.120. The predicted molar refractivity (Wildman–Crippen MR) is 115 cm³/mol. The largest absolute Gasteiger partial charge is 0.405 e. The molecule has 4 atom stereocenters. The van der Waals surface area contributed by atoms with Crippen LogP contribution in [0, 0.1) is 11.8 Å². The summed E-state index contributed by atoms with van der Waals surface area (Å²) >= 11 is 0. The van der Waals surface area contributed by atoms with Crippen LogP contribution in [-0.2, 0) is 11.3 Å². The van der Waals surface area contributed by atoms with Crippen LogP contribution in [-0.4, -0.2) is 56.7 Å². The van der Waals surface area contributed by atoms with Gasteiger partial charge in [0.25, 0.3) is 11.5 Å². The van der Waals surface area contributed by atoms with Crippen molar-refractivity contribution >= 4 is 17.9 Å². The Balaban J connectivity index is 1.81. The lowest BCUT2D eigenvalue weighted by molar-refractivity contribution is -0.141. The van der Waals surface area contributed by atoms with Gasteiger partial charge in [-0.2, -0.15) is 13.2 Å². The molecule has 0 unspecified atom stereocenters. The number of fused-ring (bicyclic) bond motifs is 3. The number of nitrogens with one attached hydrogen (secondary N) is 1. The van der Waals surface area contributed by atoms with E-state index in [2.05, 4.69) is 4.98 Å². The fourth-order valence-electron chi connectivity index (χ4n) is 4.96. The van der Waals surface area contributed by atoms with Gasteiger partial charge >= 0.3 is 6.18 Å². The molecule has 2 aliphatic rings. The van der Waals surface area contributed by atoms with Crippen molar-refractivity contribution in [3.8, 4) is 0 Å². The van der Waals surface area contributed by atoms with Crippen LogP contribution >= 0.6 is 0 Å². The topological polar surface area (TPSA) is 105 Å². The first-order chi connectivity index (χ1) is 16.2. The highest BCUT2D eigenvalue weighted by Gasteiger charge is 2.57. The van der Waals surface area contributed by atoms with E-state index >= 15 is 0 Å². The Bertz CT molecular complexity index is 1180. The van der Waals surface area contributed by atoms with Gasteiger partial charge in [-0.15, -0.1) is 0 Å². The highest BCUT2D eigenvalue weighted by molar-refractivity contribution is 5.98. The standard InChI is InChI=1S/C23H23F3N4O4/c1-2-4-13-6-7-17-18-15(10-29(17)21(13)33)16(11-31)19(20(32)28-12-23(24,25)26)30(18)22(34)14-5-3-8-27-9-14/h2-9,15-16,18-19,31H,10-12H2,1H3,(H,28,32)/b4-2+/t15-,16-,18+,19-/m1/s1. The van der Waals surface area contributed by atoms with Crippen molar-refractivity contribution in [2.75, 3.05) is 13.2 Å². The molecule has 0 aliphatic carbocycles. The van der Waals surface area contributed by atoms with Gasteiger partial charge in [0.15, 0.2) is 0 Å². The van der Waals surface area contributed by atoms with Gasteiger partial charge in [-0.05, 0) is 31.2 Å². The first-order valence-corrected chi connectivity index (χ1v) is 10.7. The van der Waals surface area contributed by atoms with Gasteiger partial charge in [0.2, 0.25) is 5.91 Å². The van der Waals surface area contributed by atoms with Crippen LogP contribution in [0.5, 0.6) is 0 Å². The van der Waals surface area contributed by atoms with E-state index < -0.39 is 55.1 Å². The molecule has 0 saturated carbocycles. The number of hydrogen-bond donors (Lipinski definition) is 2. The minimum Gasteiger partial charge on any atom is -0.396 e. The highest BCUT2D eigenvalue weighted by atomic mass is 19.4. The molecule has 1 saturated heterocycles. The number of amides is 2. The number of aromatic nitrogens is 2. The Labute approximate surface area is 192 Å². The number of alkyl halides is 3. The van der Waals surface area contributed by atoms with Crippen LogP contribution in [0.4, 0.5) is 13.2 Å². The van der Waals surface area contributed by atoms with Gasteiger partial charge in [-0.1, -0.05) is 12.2 Å². The second kappa shape index (κ2) is 9.05. The van der Waals surface area contributed by atoms with Crippen molar-refractivity contribution < 1.29 is 27.9 Å². The summed E-state index contributed by atoms with van der Waals surface area (Å²) in [5.41, 5.74) is 0.759. The number of aliphatic hydroxyl groups is 1. The first kappa shape index (κ1) is 23.7. The van der Waals surface area contributed by atoms with Crippen LogP contribution in [0.2, 0.25) is 0 Å². The van der Waals surface area contributed by atoms with E-state index in [4.69, 9.17) is 0 Å². The third-order valence-corrected chi connectivity index (χ3v) is 6.33. The average Bonchev–Trinajstić information content (AvgIpc) is 3.34. The predicted octanol–water partition coefficient (Wildman–Crippen LogP) is 1.76. The van der Waals surface area contributed by atoms with Gasteiger partial charge < -0.3 is 19.9 Å². The van der Waals surface area contributed by atoms with Gasteiger partial charge in [0, 0.05) is 48.6 Å². The number of aliphatic hydroxyl groups excluding tert-OH is 1. The highest BCUT2D eigenvalue weighted by Crippen LogP contribution is 2.49. The number of pyridine rings is 2. The fourth-order valence-corrected chi connectivity index (χ4v) is 4.96. The van der Waals surface area contributed by atoms with Crippen LogP contribution in [0.3, 0.4) is 0 Å². The number of carbonyl (C=O) groups is 2. The quantitative estimate of drug-likeness (QED) is 0.685. The zero-order valence-corrected chi connectivity index (χ0v) is 18.2. The van der Waals surface area contributed by atoms with Gasteiger partial charge in [0.05, 0.1) is 11.6 Å². The molecule has 8 nitrogen and oxygen atoms in total. The second-order valence-electron chi connectivity index (χ2n) is 8.32. The van der Waals surface area contributed by atoms with Crippen LogP contribution in [0.25, 0.3) is 6.08 Å². The minimum atomic E-state index is -4.64. The van der Waals surface area contributed by atoms with Crippen LogP contribution < -0.4 is 10.9 Å². The maximum atomic E-state index is 13.5. The van der Waals surface area contributed by atoms with E-state index in [1.807, 2.05) is 5.32 Å². The van der Waals surface area contributed by atoms with Crippen molar-refractivity contribution in [1.82, 2.24) is 19.8 Å². The molecule has 0 bridgehead atoms. The number of likely N-dealkylation sites (tertiary alicyclic amines) is 1. The van der Waals surface area contributed by atoms with E-state index in [1.165, 1.54) is 34.0 Å². The number of hydrogen-bond acceptors (Lipinski definition) is 5. The molecular formula is C23H23F3N4O4. The lowest BCUT2D eigenvalue weighted by Crippen LogP contribution is -2.51. The zero-order chi connectivity index (χ0) is 24.6. The average molecular weight is 476 g/mol. The number of nitrogens with zero attached hydrogens (tertiary/aromatic N) is 3. The number of carbonyl (C=O) groups excluding carboxylic acids is 2. The summed E-state index contributed by atoms with van der Waals surface area (Å²) in [6, 6.07) is 4.16. The Morgan fingerprint density at radius 2 is 2.06 bits per heavy atom. The molecule has 0 spiro atoms. The molecule has 4 heterocycles. The lowest BCUT2D eigenvalue weighted by Gasteiger charge is -2.31. The van der Waals surface area contributed by atoms with Crippen molar-refractivity contribution in [2.45, 2.75) is 31.7 Å². The molecule has 1 fully saturated rings. The van der Waals surface area contributed by atoms with Gasteiger partial charge in [-0.25, -0.2) is 0 Å². The molecule has 2 aliphatic heterocycles. The SMILES string of the molecule is C/C=C/c1ccc2n(c1=O)C[C@@H]1[C@@H](CO)[C@H](C(=O)NCC(F)(F)F)N(C(=O)c3cccnc3)[C@H]21. The van der Waals surface area contributed by atoms with Crippen molar-refractivity contribution in [3.63, 3.8) is 0 Å². The lowest BCUT2D eigenvalue weighted by atomic mass is 9.88. The molecule has 0 aromatic carbocycles. The molecule has 4 rings (SSSR count). The fraction of sp³-hybridized carbons (Fsp3) is 0.391. The van der Waals surface area contributed by atoms with E-state index in [0.717, 1.165) is 0 Å². The van der Waals surface area contributed by atoms with Crippen molar-refractivity contribution in [3.05, 3.63) is 69.9 Å². The van der Waals surface area contributed by atoms with Crippen molar-refractivity contribution in [1.29, 1.82) is 0 Å². The van der Waals surface area contributed by atoms with E-state index in [0.29, 0.717) is 11.3 Å².